The maximum atomic E-state index is 13.4. The number of carbonyl (C=O) groups excluding carboxylic acids is 1. The summed E-state index contributed by atoms with van der Waals surface area (Å²) in [5.41, 5.74) is 2.13. The van der Waals surface area contributed by atoms with Crippen molar-refractivity contribution in [3.63, 3.8) is 0 Å². The number of nitrogens with zero attached hydrogens (tertiary/aromatic N) is 2. The van der Waals surface area contributed by atoms with Crippen molar-refractivity contribution in [1.29, 1.82) is 0 Å². The van der Waals surface area contributed by atoms with E-state index in [1.807, 2.05) is 31.2 Å². The number of para-hydroxylation sites is 1. The lowest BCUT2D eigenvalue weighted by Crippen LogP contribution is -2.39. The van der Waals surface area contributed by atoms with Gasteiger partial charge < -0.3 is 10.1 Å². The summed E-state index contributed by atoms with van der Waals surface area (Å²) >= 11 is 0. The van der Waals surface area contributed by atoms with E-state index in [9.17, 15) is 9.18 Å². The molecule has 2 aromatic carbocycles. The highest BCUT2D eigenvalue weighted by atomic mass is 19.1. The van der Waals surface area contributed by atoms with Gasteiger partial charge in [0.2, 0.25) is 5.96 Å². The first-order chi connectivity index (χ1) is 13.6. The van der Waals surface area contributed by atoms with Crippen LogP contribution in [-0.2, 0) is 4.74 Å². The van der Waals surface area contributed by atoms with E-state index in [-0.39, 0.29) is 5.56 Å². The van der Waals surface area contributed by atoms with Crippen LogP contribution in [0.15, 0.2) is 53.5 Å². The predicted molar refractivity (Wildman–Crippen MR) is 108 cm³/mol. The molecule has 3 rings (SSSR count). The van der Waals surface area contributed by atoms with Crippen LogP contribution in [0.3, 0.4) is 0 Å². The number of carbonyl (C=O) groups is 1. The van der Waals surface area contributed by atoms with Crippen molar-refractivity contribution in [2.24, 2.45) is 4.99 Å². The van der Waals surface area contributed by atoms with Gasteiger partial charge in [0, 0.05) is 30.9 Å². The van der Waals surface area contributed by atoms with E-state index in [2.05, 4.69) is 20.5 Å². The zero-order chi connectivity index (χ0) is 19.8. The molecule has 1 heterocycles. The molecule has 1 aliphatic rings. The molecule has 1 fully saturated rings. The summed E-state index contributed by atoms with van der Waals surface area (Å²) in [4.78, 5) is 19.3. The van der Waals surface area contributed by atoms with E-state index in [4.69, 9.17) is 4.74 Å². The molecule has 0 saturated carbocycles. The molecular weight excluding hydrogens is 359 g/mol. The summed E-state index contributed by atoms with van der Waals surface area (Å²) in [6, 6.07) is 13.3. The molecule has 6 nitrogen and oxygen atoms in total. The number of aliphatic imine (C=N–C) groups is 1. The first-order valence-corrected chi connectivity index (χ1v) is 9.36. The Labute approximate surface area is 164 Å². The van der Waals surface area contributed by atoms with Gasteiger partial charge >= 0.3 is 0 Å². The number of ether oxygens (including phenoxy) is 1. The molecular formula is C21H25FN4O2. The van der Waals surface area contributed by atoms with E-state index in [0.717, 1.165) is 44.1 Å². The number of hydrogen-bond acceptors (Lipinski definition) is 4. The normalized spacial score (nSPS) is 15.3. The van der Waals surface area contributed by atoms with Gasteiger partial charge in [0.15, 0.2) is 0 Å². The summed E-state index contributed by atoms with van der Waals surface area (Å²) in [7, 11) is 0. The number of halogens is 1. The van der Waals surface area contributed by atoms with Crippen LogP contribution in [0.2, 0.25) is 0 Å². The van der Waals surface area contributed by atoms with Gasteiger partial charge in [-0.15, -0.1) is 0 Å². The summed E-state index contributed by atoms with van der Waals surface area (Å²) in [5, 5.41) is 5.95. The van der Waals surface area contributed by atoms with Gasteiger partial charge in [0.1, 0.15) is 5.82 Å². The summed E-state index contributed by atoms with van der Waals surface area (Å²) in [5.74, 6) is -0.521. The molecule has 0 atom stereocenters. The lowest BCUT2D eigenvalue weighted by atomic mass is 10.2. The Bertz CT molecular complexity index is 835. The van der Waals surface area contributed by atoms with Gasteiger partial charge in [0.05, 0.1) is 19.8 Å². The van der Waals surface area contributed by atoms with Crippen molar-refractivity contribution >= 4 is 17.6 Å². The standard InChI is InChI=1S/C21H25FN4O2/c1-16-5-2-3-8-19(16)24-21(23-9-10-26-11-13-28-14-12-26)25-20(27)17-6-4-7-18(22)15-17/h2-8,15H,9-14H2,1H3,(H2,23,24,25,27). The molecule has 0 radical (unpaired) electrons. The van der Waals surface area contributed by atoms with Gasteiger partial charge in [0.25, 0.3) is 5.91 Å². The van der Waals surface area contributed by atoms with Crippen molar-refractivity contribution < 1.29 is 13.9 Å². The van der Waals surface area contributed by atoms with Crippen LogP contribution < -0.4 is 10.6 Å². The van der Waals surface area contributed by atoms with E-state index < -0.39 is 11.7 Å². The van der Waals surface area contributed by atoms with Crippen molar-refractivity contribution in [1.82, 2.24) is 10.2 Å². The van der Waals surface area contributed by atoms with Crippen LogP contribution in [0, 0.1) is 12.7 Å². The quantitative estimate of drug-likeness (QED) is 0.615. The van der Waals surface area contributed by atoms with Crippen LogP contribution in [-0.4, -0.2) is 56.2 Å². The topological polar surface area (TPSA) is 66.0 Å². The third-order valence-corrected chi connectivity index (χ3v) is 4.51. The molecule has 0 aromatic heterocycles. The summed E-state index contributed by atoms with van der Waals surface area (Å²) in [6.45, 7) is 6.50. The van der Waals surface area contributed by atoms with Crippen LogP contribution in [0.1, 0.15) is 15.9 Å². The van der Waals surface area contributed by atoms with Gasteiger partial charge in [-0.05, 0) is 36.8 Å². The second-order valence-electron chi connectivity index (χ2n) is 6.59. The fraction of sp³-hybridized carbons (Fsp3) is 0.333. The first kappa shape index (κ1) is 20.0. The van der Waals surface area contributed by atoms with E-state index in [1.165, 1.54) is 18.2 Å². The molecule has 0 unspecified atom stereocenters. The molecule has 1 amide bonds. The average Bonchev–Trinajstić information content (AvgIpc) is 2.70. The second kappa shape index (κ2) is 9.96. The molecule has 28 heavy (non-hydrogen) atoms. The second-order valence-corrected chi connectivity index (χ2v) is 6.59. The minimum absolute atomic E-state index is 0.243. The number of aryl methyl sites for hydroxylation is 1. The van der Waals surface area contributed by atoms with Crippen LogP contribution >= 0.6 is 0 Å². The Morgan fingerprint density at radius 2 is 1.96 bits per heavy atom. The largest absolute Gasteiger partial charge is 0.379 e. The van der Waals surface area contributed by atoms with Crippen LogP contribution in [0.25, 0.3) is 0 Å². The predicted octanol–water partition coefficient (Wildman–Crippen LogP) is 2.66. The number of guanidine groups is 1. The van der Waals surface area contributed by atoms with E-state index >= 15 is 0 Å². The average molecular weight is 384 g/mol. The van der Waals surface area contributed by atoms with Gasteiger partial charge in [-0.2, -0.15) is 0 Å². The van der Waals surface area contributed by atoms with E-state index in [1.54, 1.807) is 6.07 Å². The van der Waals surface area contributed by atoms with Crippen molar-refractivity contribution in [2.45, 2.75) is 6.92 Å². The molecule has 0 aliphatic carbocycles. The zero-order valence-electron chi connectivity index (χ0n) is 16.0. The number of anilines is 1. The third-order valence-electron chi connectivity index (χ3n) is 4.51. The number of hydrogen-bond donors (Lipinski definition) is 2. The number of nitrogens with one attached hydrogen (secondary N) is 2. The number of rotatable bonds is 5. The molecule has 2 N–H and O–H groups in total. The fourth-order valence-corrected chi connectivity index (χ4v) is 2.89. The smallest absolute Gasteiger partial charge is 0.258 e. The first-order valence-electron chi connectivity index (χ1n) is 9.36. The zero-order valence-corrected chi connectivity index (χ0v) is 16.0. The van der Waals surface area contributed by atoms with Crippen LogP contribution in [0.5, 0.6) is 0 Å². The maximum Gasteiger partial charge on any atom is 0.258 e. The minimum Gasteiger partial charge on any atom is -0.379 e. The molecule has 1 aliphatic heterocycles. The highest BCUT2D eigenvalue weighted by molar-refractivity contribution is 6.10. The van der Waals surface area contributed by atoms with Crippen molar-refractivity contribution in [3.8, 4) is 0 Å². The molecule has 0 bridgehead atoms. The van der Waals surface area contributed by atoms with Crippen molar-refractivity contribution in [2.75, 3.05) is 44.7 Å². The Morgan fingerprint density at radius 1 is 1.18 bits per heavy atom. The van der Waals surface area contributed by atoms with Gasteiger partial charge in [-0.3, -0.25) is 20.0 Å². The monoisotopic (exact) mass is 384 g/mol. The Hall–Kier alpha value is -2.77. The van der Waals surface area contributed by atoms with Crippen molar-refractivity contribution in [3.05, 3.63) is 65.5 Å². The number of amides is 1. The lowest BCUT2D eigenvalue weighted by Gasteiger charge is -2.25. The molecule has 2 aromatic rings. The van der Waals surface area contributed by atoms with E-state index in [0.29, 0.717) is 12.5 Å². The highest BCUT2D eigenvalue weighted by Crippen LogP contribution is 2.13. The lowest BCUT2D eigenvalue weighted by molar-refractivity contribution is 0.0394. The molecule has 148 valence electrons. The fourth-order valence-electron chi connectivity index (χ4n) is 2.89. The van der Waals surface area contributed by atoms with Gasteiger partial charge in [-0.25, -0.2) is 4.39 Å². The molecule has 7 heteroatoms. The Morgan fingerprint density at radius 3 is 2.71 bits per heavy atom. The minimum atomic E-state index is -0.453. The third kappa shape index (κ3) is 5.87. The van der Waals surface area contributed by atoms with Crippen LogP contribution in [0.4, 0.5) is 10.1 Å². The SMILES string of the molecule is Cc1ccccc1NC(=NCCN1CCOCC1)NC(=O)c1cccc(F)c1. The molecule has 0 spiro atoms. The Balaban J connectivity index is 1.70. The number of morpholine rings is 1. The number of benzene rings is 2. The summed E-state index contributed by atoms with van der Waals surface area (Å²) < 4.78 is 18.8. The highest BCUT2D eigenvalue weighted by Gasteiger charge is 2.12. The summed E-state index contributed by atoms with van der Waals surface area (Å²) in [6.07, 6.45) is 0. The van der Waals surface area contributed by atoms with Gasteiger partial charge in [-0.1, -0.05) is 24.3 Å². The Kier molecular flexibility index (Phi) is 7.11. The maximum absolute atomic E-state index is 13.4. The molecule has 1 saturated heterocycles.